The minimum atomic E-state index is -1.39. The fraction of sp³-hybridized carbons (Fsp3) is 0.462. The van der Waals surface area contributed by atoms with Crippen molar-refractivity contribution in [3.05, 3.63) is 27.7 Å². The average molecular weight is 314 g/mol. The van der Waals surface area contributed by atoms with Crippen LogP contribution in [0.25, 0.3) is 0 Å². The van der Waals surface area contributed by atoms with Crippen molar-refractivity contribution in [2.75, 3.05) is 20.2 Å². The first-order chi connectivity index (χ1) is 10.2. The molecule has 1 aromatic rings. The number of rotatable bonds is 7. The lowest BCUT2D eigenvalue weighted by atomic mass is 10.2. The summed E-state index contributed by atoms with van der Waals surface area (Å²) in [6.07, 6.45) is 0. The summed E-state index contributed by atoms with van der Waals surface area (Å²) in [5.41, 5.74) is -0.521. The van der Waals surface area contributed by atoms with Crippen molar-refractivity contribution in [3.63, 3.8) is 0 Å². The van der Waals surface area contributed by atoms with Crippen LogP contribution < -0.4 is 5.43 Å². The predicted molar refractivity (Wildman–Crippen MR) is 74.8 cm³/mol. The Morgan fingerprint density at radius 3 is 2.41 bits per heavy atom. The van der Waals surface area contributed by atoms with Gasteiger partial charge in [0.05, 0.1) is 18.8 Å². The van der Waals surface area contributed by atoms with Gasteiger partial charge in [-0.15, -0.1) is 0 Å². The highest BCUT2D eigenvalue weighted by Crippen LogP contribution is 2.21. The van der Waals surface area contributed by atoms with Gasteiger partial charge in [0.15, 0.2) is 11.8 Å². The highest BCUT2D eigenvalue weighted by Gasteiger charge is 2.25. The van der Waals surface area contributed by atoms with Gasteiger partial charge < -0.3 is 25.0 Å². The fourth-order valence-corrected chi connectivity index (χ4v) is 2.19. The molecular formula is C13H18N2O7. The molecule has 0 aliphatic heterocycles. The van der Waals surface area contributed by atoms with Crippen LogP contribution in [-0.2, 0) is 16.1 Å². The minimum absolute atomic E-state index is 0.0600. The molecule has 0 aliphatic rings. The van der Waals surface area contributed by atoms with E-state index in [4.69, 9.17) is 10.2 Å². The molecule has 0 saturated carbocycles. The number of aryl methyl sites for hydroxylation is 1. The molecule has 1 rings (SSSR count). The number of carboxylic acid groups (broad SMARTS) is 2. The topological polar surface area (TPSA) is 140 Å². The molecule has 0 fully saturated rings. The second-order valence-corrected chi connectivity index (χ2v) is 4.92. The third-order valence-corrected chi connectivity index (χ3v) is 3.11. The largest absolute Gasteiger partial charge is 0.503 e. The molecule has 1 atom stereocenters. The first-order valence-corrected chi connectivity index (χ1v) is 6.37. The summed E-state index contributed by atoms with van der Waals surface area (Å²) < 4.78 is 1.12. The Balaban J connectivity index is 3.42. The van der Waals surface area contributed by atoms with Crippen LogP contribution in [-0.4, -0.2) is 62.0 Å². The fourth-order valence-electron chi connectivity index (χ4n) is 2.19. The van der Waals surface area contributed by atoms with Crippen LogP contribution in [0.3, 0.4) is 0 Å². The van der Waals surface area contributed by atoms with E-state index in [0.717, 1.165) is 10.6 Å². The summed E-state index contributed by atoms with van der Waals surface area (Å²) in [6.45, 7) is 0.193. The maximum absolute atomic E-state index is 11.7. The number of hydrogen-bond donors (Lipinski definition) is 4. The summed E-state index contributed by atoms with van der Waals surface area (Å²) in [4.78, 5) is 34.9. The van der Waals surface area contributed by atoms with Gasteiger partial charge in [-0.25, -0.2) is 4.79 Å². The van der Waals surface area contributed by atoms with E-state index in [1.54, 1.807) is 0 Å². The number of carboxylic acids is 2. The number of nitrogens with zero attached hydrogens (tertiary/aromatic N) is 2. The molecule has 1 heterocycles. The van der Waals surface area contributed by atoms with Crippen LogP contribution in [0, 0.1) is 6.92 Å². The van der Waals surface area contributed by atoms with Crippen LogP contribution in [0.1, 0.15) is 17.4 Å². The van der Waals surface area contributed by atoms with Crippen molar-refractivity contribution >= 4 is 11.9 Å². The van der Waals surface area contributed by atoms with E-state index in [0.29, 0.717) is 0 Å². The quantitative estimate of drug-likeness (QED) is 0.502. The summed E-state index contributed by atoms with van der Waals surface area (Å²) in [5, 5.41) is 37.1. The number of aliphatic hydroxyl groups excluding tert-OH is 1. The number of aromatic hydroxyl groups is 1. The molecule has 0 saturated heterocycles. The lowest BCUT2D eigenvalue weighted by Gasteiger charge is -2.25. The Morgan fingerprint density at radius 1 is 1.36 bits per heavy atom. The summed E-state index contributed by atoms with van der Waals surface area (Å²) in [6, 6.07) is -0.332. The SMILES string of the molecule is Cc1cc(=O)c(O)c(CN(C)CC(=O)O)n1C(CO)C(=O)O. The maximum atomic E-state index is 11.7. The lowest BCUT2D eigenvalue weighted by Crippen LogP contribution is -2.32. The van der Waals surface area contributed by atoms with Crippen LogP contribution in [0.15, 0.2) is 10.9 Å². The molecule has 9 heteroatoms. The van der Waals surface area contributed by atoms with Gasteiger partial charge in [0.25, 0.3) is 0 Å². The Labute approximate surface area is 125 Å². The molecule has 1 aromatic heterocycles. The van der Waals surface area contributed by atoms with E-state index in [9.17, 15) is 24.6 Å². The highest BCUT2D eigenvalue weighted by molar-refractivity contribution is 5.72. The Bertz CT molecular complexity index is 638. The number of aliphatic hydroxyl groups is 1. The monoisotopic (exact) mass is 314 g/mol. The second-order valence-electron chi connectivity index (χ2n) is 4.92. The highest BCUT2D eigenvalue weighted by atomic mass is 16.4. The molecule has 0 spiro atoms. The molecule has 4 N–H and O–H groups in total. The van der Waals surface area contributed by atoms with Crippen LogP contribution in [0.2, 0.25) is 0 Å². The Hall–Kier alpha value is -2.39. The van der Waals surface area contributed by atoms with Gasteiger partial charge in [-0.1, -0.05) is 0 Å². The van der Waals surface area contributed by atoms with Crippen molar-refractivity contribution in [2.24, 2.45) is 0 Å². The molecule has 1 unspecified atom stereocenters. The van der Waals surface area contributed by atoms with E-state index < -0.39 is 35.8 Å². The maximum Gasteiger partial charge on any atom is 0.329 e. The average Bonchev–Trinajstić information content (AvgIpc) is 2.38. The molecule has 22 heavy (non-hydrogen) atoms. The summed E-state index contributed by atoms with van der Waals surface area (Å²) >= 11 is 0. The van der Waals surface area contributed by atoms with Crippen molar-refractivity contribution in [2.45, 2.75) is 19.5 Å². The number of aromatic nitrogens is 1. The standard InChI is InChI=1S/C13H18N2O7/c1-7-3-10(17)12(20)8(4-14(2)5-11(18)19)15(7)9(6-16)13(21)22/h3,9,16,20H,4-6H2,1-2H3,(H,18,19)(H,21,22). The first-order valence-electron chi connectivity index (χ1n) is 6.37. The van der Waals surface area contributed by atoms with Crippen LogP contribution in [0.5, 0.6) is 5.75 Å². The van der Waals surface area contributed by atoms with E-state index >= 15 is 0 Å². The Morgan fingerprint density at radius 2 is 1.95 bits per heavy atom. The summed E-state index contributed by atoms with van der Waals surface area (Å²) in [7, 11) is 1.44. The molecule has 0 aromatic carbocycles. The molecule has 0 bridgehead atoms. The summed E-state index contributed by atoms with van der Waals surface area (Å²) in [5.74, 6) is -3.11. The van der Waals surface area contributed by atoms with Gasteiger partial charge in [0.1, 0.15) is 0 Å². The van der Waals surface area contributed by atoms with Crippen molar-refractivity contribution in [3.8, 4) is 5.75 Å². The van der Waals surface area contributed by atoms with E-state index in [1.807, 2.05) is 0 Å². The minimum Gasteiger partial charge on any atom is -0.503 e. The van der Waals surface area contributed by atoms with Crippen molar-refractivity contribution < 1.29 is 30.0 Å². The molecular weight excluding hydrogens is 296 g/mol. The van der Waals surface area contributed by atoms with Crippen molar-refractivity contribution in [1.29, 1.82) is 0 Å². The molecule has 9 nitrogen and oxygen atoms in total. The van der Waals surface area contributed by atoms with Gasteiger partial charge in [-0.3, -0.25) is 14.5 Å². The van der Waals surface area contributed by atoms with Gasteiger partial charge in [-0.05, 0) is 14.0 Å². The lowest BCUT2D eigenvalue weighted by molar-refractivity contribution is -0.142. The number of aliphatic carboxylic acids is 2. The van der Waals surface area contributed by atoms with Crippen LogP contribution >= 0.6 is 0 Å². The van der Waals surface area contributed by atoms with Crippen LogP contribution in [0.4, 0.5) is 0 Å². The first kappa shape index (κ1) is 17.7. The molecule has 0 amide bonds. The normalized spacial score (nSPS) is 12.4. The Kier molecular flexibility index (Phi) is 5.66. The van der Waals surface area contributed by atoms with Gasteiger partial charge >= 0.3 is 11.9 Å². The predicted octanol–water partition coefficient (Wildman–Crippen LogP) is -1.00. The van der Waals surface area contributed by atoms with Gasteiger partial charge in [0.2, 0.25) is 5.43 Å². The zero-order chi connectivity index (χ0) is 17.0. The zero-order valence-corrected chi connectivity index (χ0v) is 12.2. The molecule has 0 radical (unpaired) electrons. The third-order valence-electron chi connectivity index (χ3n) is 3.11. The number of pyridine rings is 1. The number of carbonyl (C=O) groups is 2. The zero-order valence-electron chi connectivity index (χ0n) is 12.2. The van der Waals surface area contributed by atoms with E-state index in [-0.39, 0.29) is 24.5 Å². The van der Waals surface area contributed by atoms with Crippen molar-refractivity contribution in [1.82, 2.24) is 9.47 Å². The number of hydrogen-bond acceptors (Lipinski definition) is 6. The molecule has 122 valence electrons. The van der Waals surface area contributed by atoms with E-state index in [1.165, 1.54) is 18.9 Å². The van der Waals surface area contributed by atoms with Gasteiger partial charge in [-0.2, -0.15) is 0 Å². The second kappa shape index (κ2) is 7.05. The number of likely N-dealkylation sites (N-methyl/N-ethyl adjacent to an activating group) is 1. The molecule has 0 aliphatic carbocycles. The van der Waals surface area contributed by atoms with E-state index in [2.05, 4.69) is 0 Å². The smallest absolute Gasteiger partial charge is 0.329 e. The van der Waals surface area contributed by atoms with Gasteiger partial charge in [0, 0.05) is 18.3 Å². The third kappa shape index (κ3) is 3.83.